The van der Waals surface area contributed by atoms with E-state index in [1.807, 2.05) is 6.92 Å². The van der Waals surface area contributed by atoms with Crippen LogP contribution in [0.4, 0.5) is 5.82 Å². The number of ether oxygens (including phenoxy) is 1. The van der Waals surface area contributed by atoms with Gasteiger partial charge >= 0.3 is 0 Å². The van der Waals surface area contributed by atoms with E-state index in [9.17, 15) is 0 Å². The number of nitrogens with two attached hydrogens (primary N) is 2. The molecule has 0 aliphatic carbocycles. The number of anilines is 1. The zero-order valence-corrected chi connectivity index (χ0v) is 10.4. The predicted octanol–water partition coefficient (Wildman–Crippen LogP) is 0.205. The highest BCUT2D eigenvalue weighted by atomic mass is 16.5. The van der Waals surface area contributed by atoms with Gasteiger partial charge < -0.3 is 16.3 Å². The minimum atomic E-state index is 0.400. The number of imidazole rings is 1. The Hall–Kier alpha value is -2.18. The van der Waals surface area contributed by atoms with Gasteiger partial charge in [-0.05, 0) is 13.8 Å². The molecule has 7 heteroatoms. The molecule has 2 aromatic heterocycles. The van der Waals surface area contributed by atoms with Crippen molar-refractivity contribution in [3.8, 4) is 17.1 Å². The largest absolute Gasteiger partial charge is 0.481 e. The normalized spacial score (nSPS) is 10.8. The van der Waals surface area contributed by atoms with Gasteiger partial charge in [0, 0.05) is 7.05 Å². The fraction of sp³-hybridized carbons (Fsp3) is 0.400. The van der Waals surface area contributed by atoms with E-state index < -0.39 is 0 Å². The minimum absolute atomic E-state index is 0.400. The minimum Gasteiger partial charge on any atom is -0.481 e. The summed E-state index contributed by atoms with van der Waals surface area (Å²) in [6, 6.07) is 0. The van der Waals surface area contributed by atoms with E-state index in [2.05, 4.69) is 10.1 Å². The van der Waals surface area contributed by atoms with Crippen LogP contribution in [0.1, 0.15) is 11.5 Å². The first-order valence-corrected chi connectivity index (χ1v) is 5.15. The molecule has 0 aliphatic heterocycles. The second kappa shape index (κ2) is 3.69. The van der Waals surface area contributed by atoms with Crippen LogP contribution in [0.3, 0.4) is 0 Å². The average molecular weight is 236 g/mol. The third kappa shape index (κ3) is 1.50. The molecule has 0 atom stereocenters. The quantitative estimate of drug-likeness (QED) is 0.726. The third-order valence-electron chi connectivity index (χ3n) is 2.72. The van der Waals surface area contributed by atoms with E-state index in [0.717, 1.165) is 11.3 Å². The second-order valence-electron chi connectivity index (χ2n) is 3.86. The number of methoxy groups -OCH3 is 1. The molecule has 0 aliphatic rings. The molecule has 0 radical (unpaired) electrons. The molecule has 0 spiro atoms. The molecular formula is C10H16N6O. The summed E-state index contributed by atoms with van der Waals surface area (Å²) >= 11 is 0. The molecular weight excluding hydrogens is 220 g/mol. The summed E-state index contributed by atoms with van der Waals surface area (Å²) in [7, 11) is 3.39. The maximum atomic E-state index is 5.92. The Labute approximate surface area is 99.0 Å². The van der Waals surface area contributed by atoms with Crippen molar-refractivity contribution in [1.29, 1.82) is 0 Å². The van der Waals surface area contributed by atoms with Gasteiger partial charge in [0.1, 0.15) is 11.5 Å². The summed E-state index contributed by atoms with van der Waals surface area (Å²) in [4.78, 5) is 4.34. The lowest BCUT2D eigenvalue weighted by Crippen LogP contribution is -2.13. The van der Waals surface area contributed by atoms with Crippen LogP contribution in [-0.2, 0) is 7.05 Å². The van der Waals surface area contributed by atoms with Crippen LogP contribution in [0.15, 0.2) is 0 Å². The molecule has 2 heterocycles. The molecule has 0 saturated carbocycles. The maximum absolute atomic E-state index is 5.92. The Morgan fingerprint density at radius 3 is 2.41 bits per heavy atom. The van der Waals surface area contributed by atoms with E-state index in [1.165, 1.54) is 4.68 Å². The van der Waals surface area contributed by atoms with Crippen molar-refractivity contribution >= 4 is 5.82 Å². The van der Waals surface area contributed by atoms with Gasteiger partial charge in [-0.1, -0.05) is 0 Å². The van der Waals surface area contributed by atoms with Crippen LogP contribution in [0.5, 0.6) is 5.88 Å². The Morgan fingerprint density at radius 1 is 1.29 bits per heavy atom. The van der Waals surface area contributed by atoms with E-state index in [0.29, 0.717) is 23.2 Å². The summed E-state index contributed by atoms with van der Waals surface area (Å²) in [6.07, 6.45) is 0. The molecule has 0 bridgehead atoms. The van der Waals surface area contributed by atoms with Crippen molar-refractivity contribution in [3.63, 3.8) is 0 Å². The summed E-state index contributed by atoms with van der Waals surface area (Å²) < 4.78 is 8.31. The molecule has 0 fully saturated rings. The summed E-state index contributed by atoms with van der Waals surface area (Å²) in [5.74, 6) is 7.41. The summed E-state index contributed by atoms with van der Waals surface area (Å²) in [5, 5.41) is 4.28. The number of hydrogen-bond acceptors (Lipinski definition) is 5. The molecule has 0 saturated heterocycles. The molecule has 92 valence electrons. The van der Waals surface area contributed by atoms with Crippen molar-refractivity contribution in [3.05, 3.63) is 11.5 Å². The highest BCUT2D eigenvalue weighted by Gasteiger charge is 2.22. The zero-order valence-electron chi connectivity index (χ0n) is 10.4. The van der Waals surface area contributed by atoms with Gasteiger partial charge in [-0.2, -0.15) is 5.10 Å². The Morgan fingerprint density at radius 2 is 1.94 bits per heavy atom. The zero-order chi connectivity index (χ0) is 12.7. The fourth-order valence-corrected chi connectivity index (χ4v) is 1.89. The lowest BCUT2D eigenvalue weighted by atomic mass is 10.2. The van der Waals surface area contributed by atoms with Crippen molar-refractivity contribution in [2.24, 2.45) is 7.05 Å². The number of nitrogen functional groups attached to an aromatic ring is 2. The molecule has 2 aromatic rings. The van der Waals surface area contributed by atoms with Crippen LogP contribution in [0, 0.1) is 13.8 Å². The van der Waals surface area contributed by atoms with Crippen LogP contribution < -0.4 is 16.3 Å². The van der Waals surface area contributed by atoms with Gasteiger partial charge in [-0.25, -0.2) is 14.3 Å². The van der Waals surface area contributed by atoms with E-state index in [1.54, 1.807) is 25.8 Å². The molecule has 2 rings (SSSR count). The summed E-state index contributed by atoms with van der Waals surface area (Å²) in [6.45, 7) is 3.67. The van der Waals surface area contributed by atoms with Crippen LogP contribution in [0.2, 0.25) is 0 Å². The average Bonchev–Trinajstić information content (AvgIpc) is 2.69. The first kappa shape index (κ1) is 11.3. The topological polar surface area (TPSA) is 96.9 Å². The van der Waals surface area contributed by atoms with Crippen molar-refractivity contribution in [1.82, 2.24) is 19.4 Å². The van der Waals surface area contributed by atoms with E-state index >= 15 is 0 Å². The molecule has 0 amide bonds. The van der Waals surface area contributed by atoms with Gasteiger partial charge in [0.15, 0.2) is 5.82 Å². The molecule has 4 N–H and O–H groups in total. The molecule has 17 heavy (non-hydrogen) atoms. The first-order chi connectivity index (χ1) is 7.97. The Kier molecular flexibility index (Phi) is 2.45. The highest BCUT2D eigenvalue weighted by molar-refractivity contribution is 5.77. The van der Waals surface area contributed by atoms with E-state index in [4.69, 9.17) is 16.3 Å². The van der Waals surface area contributed by atoms with Crippen molar-refractivity contribution in [2.75, 3.05) is 18.7 Å². The number of hydrogen-bond donors (Lipinski definition) is 2. The van der Waals surface area contributed by atoms with Gasteiger partial charge in [0.2, 0.25) is 5.88 Å². The predicted molar refractivity (Wildman–Crippen MR) is 65.0 cm³/mol. The number of aryl methyl sites for hydroxylation is 3. The standard InChI is InChI=1S/C10H16N6O/c1-5-7(10(17-4)15(3)14-5)8-9(11)16(12)6(2)13-8/h11-12H2,1-4H3. The first-order valence-electron chi connectivity index (χ1n) is 5.15. The number of aromatic nitrogens is 4. The number of rotatable bonds is 2. The van der Waals surface area contributed by atoms with Crippen LogP contribution in [0.25, 0.3) is 11.3 Å². The molecule has 7 nitrogen and oxygen atoms in total. The maximum Gasteiger partial charge on any atom is 0.221 e. The van der Waals surface area contributed by atoms with E-state index in [-0.39, 0.29) is 0 Å². The van der Waals surface area contributed by atoms with Crippen LogP contribution in [-0.4, -0.2) is 26.6 Å². The van der Waals surface area contributed by atoms with Gasteiger partial charge in [0.05, 0.1) is 18.4 Å². The van der Waals surface area contributed by atoms with Crippen molar-refractivity contribution < 1.29 is 4.74 Å². The van der Waals surface area contributed by atoms with Gasteiger partial charge in [-0.15, -0.1) is 0 Å². The second-order valence-corrected chi connectivity index (χ2v) is 3.86. The lowest BCUT2D eigenvalue weighted by Gasteiger charge is -2.03. The SMILES string of the molecule is COc1c(-c2nc(C)n(N)c2N)c(C)nn1C. The number of nitrogens with zero attached hydrogens (tertiary/aromatic N) is 4. The van der Waals surface area contributed by atoms with Gasteiger partial charge in [0.25, 0.3) is 0 Å². The third-order valence-corrected chi connectivity index (χ3v) is 2.72. The Balaban J connectivity index is 2.72. The molecule has 0 unspecified atom stereocenters. The molecule has 0 aromatic carbocycles. The Bertz CT molecular complexity index is 568. The summed E-state index contributed by atoms with van der Waals surface area (Å²) in [5.41, 5.74) is 8.10. The monoisotopic (exact) mass is 236 g/mol. The van der Waals surface area contributed by atoms with Crippen molar-refractivity contribution in [2.45, 2.75) is 13.8 Å². The van der Waals surface area contributed by atoms with Gasteiger partial charge in [-0.3, -0.25) is 0 Å². The lowest BCUT2D eigenvalue weighted by molar-refractivity contribution is 0.374. The highest BCUT2D eigenvalue weighted by Crippen LogP contribution is 2.35. The fourth-order valence-electron chi connectivity index (χ4n) is 1.89. The van der Waals surface area contributed by atoms with Crippen LogP contribution >= 0.6 is 0 Å². The smallest absolute Gasteiger partial charge is 0.221 e.